The van der Waals surface area contributed by atoms with Crippen LogP contribution in [0.25, 0.3) is 0 Å². The molecule has 0 bridgehead atoms. The van der Waals surface area contributed by atoms with Crippen LogP contribution in [0.3, 0.4) is 0 Å². The van der Waals surface area contributed by atoms with Crippen molar-refractivity contribution in [3.8, 4) is 0 Å². The highest BCUT2D eigenvalue weighted by Crippen LogP contribution is 2.19. The fourth-order valence-electron chi connectivity index (χ4n) is 2.63. The van der Waals surface area contributed by atoms with Gasteiger partial charge in [0.2, 0.25) is 0 Å². The van der Waals surface area contributed by atoms with Gasteiger partial charge in [-0.2, -0.15) is 24.9 Å². The molecule has 10 nitrogen and oxygen atoms in total. The Labute approximate surface area is 148 Å². The van der Waals surface area contributed by atoms with Crippen LogP contribution in [0.5, 0.6) is 0 Å². The molecule has 4 heterocycles. The molecule has 10 heteroatoms. The minimum atomic E-state index is -0.575. The third-order valence-electron chi connectivity index (χ3n) is 3.88. The van der Waals surface area contributed by atoms with E-state index in [0.29, 0.717) is 22.9 Å². The second-order valence-corrected chi connectivity index (χ2v) is 5.76. The molecule has 0 radical (unpaired) electrons. The highest BCUT2D eigenvalue weighted by Gasteiger charge is 2.35. The molecule has 0 aliphatic carbocycles. The average Bonchev–Trinajstić information content (AvgIpc) is 3.19. The minimum absolute atomic E-state index is 0.0770. The number of amidine groups is 1. The molecule has 2 aromatic heterocycles. The number of aromatic nitrogens is 3. The first-order valence-electron chi connectivity index (χ1n) is 7.80. The van der Waals surface area contributed by atoms with Gasteiger partial charge in [0, 0.05) is 31.7 Å². The van der Waals surface area contributed by atoms with E-state index in [1.165, 1.54) is 22.1 Å². The molecule has 4 rings (SSSR count). The van der Waals surface area contributed by atoms with E-state index >= 15 is 0 Å². The van der Waals surface area contributed by atoms with Crippen LogP contribution in [-0.2, 0) is 4.79 Å². The highest BCUT2D eigenvalue weighted by molar-refractivity contribution is 6.24. The fraction of sp³-hybridized carbons (Fsp3) is 0.188. The first kappa shape index (κ1) is 15.8. The summed E-state index contributed by atoms with van der Waals surface area (Å²) in [5.74, 6) is -0.406. The number of carbonyl (C=O) groups excluding carboxylic acids is 2. The van der Waals surface area contributed by atoms with Gasteiger partial charge >= 0.3 is 0 Å². The molecule has 0 saturated heterocycles. The van der Waals surface area contributed by atoms with Gasteiger partial charge in [0.25, 0.3) is 17.8 Å². The predicted molar refractivity (Wildman–Crippen MR) is 94.2 cm³/mol. The number of amides is 2. The molecule has 1 N–H and O–H groups in total. The van der Waals surface area contributed by atoms with Crippen molar-refractivity contribution in [3.05, 3.63) is 41.9 Å². The zero-order valence-corrected chi connectivity index (χ0v) is 14.0. The van der Waals surface area contributed by atoms with Crippen LogP contribution in [0.1, 0.15) is 16.1 Å². The molecule has 26 heavy (non-hydrogen) atoms. The third-order valence-corrected chi connectivity index (χ3v) is 3.88. The van der Waals surface area contributed by atoms with Crippen molar-refractivity contribution >= 4 is 35.6 Å². The molecule has 0 spiro atoms. The van der Waals surface area contributed by atoms with Crippen molar-refractivity contribution in [3.63, 3.8) is 0 Å². The lowest BCUT2D eigenvalue weighted by atomic mass is 10.1. The molecule has 2 aromatic rings. The van der Waals surface area contributed by atoms with Gasteiger partial charge in [0.05, 0.1) is 11.3 Å². The lowest BCUT2D eigenvalue weighted by Gasteiger charge is -2.17. The van der Waals surface area contributed by atoms with E-state index in [0.717, 1.165) is 0 Å². The quantitative estimate of drug-likeness (QED) is 0.848. The number of carbonyl (C=O) groups is 2. The standard InChI is InChI=1S/C16H14N8O2/c1-9-6-12(19-14(25)10-4-3-5-17-7-10)24(22-9)16-20-13-11(15(26)21-16)8-18-23(13)2/h3-8,11H,1-2H3,(H,19,25). The second-order valence-electron chi connectivity index (χ2n) is 5.76. The molecule has 1 atom stereocenters. The van der Waals surface area contributed by atoms with E-state index in [2.05, 4.69) is 30.5 Å². The van der Waals surface area contributed by atoms with Crippen LogP contribution >= 0.6 is 0 Å². The molecular weight excluding hydrogens is 336 g/mol. The van der Waals surface area contributed by atoms with Gasteiger partial charge in [-0.1, -0.05) is 0 Å². The monoisotopic (exact) mass is 350 g/mol. The van der Waals surface area contributed by atoms with Crippen molar-refractivity contribution in [1.82, 2.24) is 19.8 Å². The van der Waals surface area contributed by atoms with Gasteiger partial charge in [-0.15, -0.1) is 0 Å². The van der Waals surface area contributed by atoms with E-state index < -0.39 is 5.92 Å². The Morgan fingerprint density at radius 2 is 2.15 bits per heavy atom. The summed E-state index contributed by atoms with van der Waals surface area (Å²) < 4.78 is 1.33. The summed E-state index contributed by atoms with van der Waals surface area (Å²) in [4.78, 5) is 36.9. The van der Waals surface area contributed by atoms with Gasteiger partial charge < -0.3 is 5.32 Å². The van der Waals surface area contributed by atoms with Crippen LogP contribution in [0.4, 0.5) is 5.82 Å². The Morgan fingerprint density at radius 3 is 2.92 bits per heavy atom. The smallest absolute Gasteiger partial charge is 0.265 e. The average molecular weight is 350 g/mol. The number of nitrogens with one attached hydrogen (secondary N) is 1. The maximum absolute atomic E-state index is 12.4. The summed E-state index contributed by atoms with van der Waals surface area (Å²) in [6.45, 7) is 1.77. The first-order valence-corrected chi connectivity index (χ1v) is 7.80. The Hall–Kier alpha value is -3.69. The van der Waals surface area contributed by atoms with Crippen molar-refractivity contribution in [2.45, 2.75) is 6.92 Å². The number of rotatable bonds is 2. The van der Waals surface area contributed by atoms with Crippen LogP contribution in [0, 0.1) is 12.8 Å². The lowest BCUT2D eigenvalue weighted by Crippen LogP contribution is -2.35. The molecule has 0 saturated carbocycles. The number of nitrogens with zero attached hydrogens (tertiary/aromatic N) is 7. The van der Waals surface area contributed by atoms with E-state index in [9.17, 15) is 9.59 Å². The zero-order chi connectivity index (χ0) is 18.3. The molecular formula is C16H14N8O2. The van der Waals surface area contributed by atoms with Crippen LogP contribution < -0.4 is 5.32 Å². The van der Waals surface area contributed by atoms with Gasteiger partial charge in [-0.3, -0.25) is 19.6 Å². The second kappa shape index (κ2) is 5.99. The maximum atomic E-state index is 12.4. The molecule has 2 aliphatic rings. The number of pyridine rings is 1. The molecule has 1 unspecified atom stereocenters. The van der Waals surface area contributed by atoms with Gasteiger partial charge in [0.1, 0.15) is 17.6 Å². The number of anilines is 1. The summed E-state index contributed by atoms with van der Waals surface area (Å²) in [5.41, 5.74) is 1.04. The predicted octanol–water partition coefficient (Wildman–Crippen LogP) is 0.529. The Balaban J connectivity index is 1.68. The highest BCUT2D eigenvalue weighted by atomic mass is 16.2. The fourth-order valence-corrected chi connectivity index (χ4v) is 2.63. The van der Waals surface area contributed by atoms with Gasteiger partial charge in [0.15, 0.2) is 0 Å². The largest absolute Gasteiger partial charge is 0.306 e. The van der Waals surface area contributed by atoms with E-state index in [4.69, 9.17) is 0 Å². The van der Waals surface area contributed by atoms with Crippen molar-refractivity contribution in [2.75, 3.05) is 12.4 Å². The molecule has 130 valence electrons. The van der Waals surface area contributed by atoms with Crippen LogP contribution in [-0.4, -0.2) is 56.6 Å². The number of hydrogen-bond acceptors (Lipinski definition) is 7. The Kier molecular flexibility index (Phi) is 3.64. The van der Waals surface area contributed by atoms with Crippen molar-refractivity contribution in [2.24, 2.45) is 21.0 Å². The Morgan fingerprint density at radius 1 is 1.31 bits per heavy atom. The molecule has 2 amide bonds. The van der Waals surface area contributed by atoms with E-state index in [1.807, 2.05) is 0 Å². The maximum Gasteiger partial charge on any atom is 0.265 e. The first-order chi connectivity index (χ1) is 12.5. The summed E-state index contributed by atoms with van der Waals surface area (Å²) >= 11 is 0. The number of aliphatic imine (C=N–C) groups is 2. The van der Waals surface area contributed by atoms with Crippen LogP contribution in [0.15, 0.2) is 45.7 Å². The zero-order valence-electron chi connectivity index (χ0n) is 14.0. The summed E-state index contributed by atoms with van der Waals surface area (Å²) in [6.07, 6.45) is 4.54. The van der Waals surface area contributed by atoms with Crippen molar-refractivity contribution in [1.29, 1.82) is 0 Å². The third kappa shape index (κ3) is 2.66. The van der Waals surface area contributed by atoms with Crippen LogP contribution in [0.2, 0.25) is 0 Å². The number of fused-ring (bicyclic) bond motifs is 1. The van der Waals surface area contributed by atoms with Gasteiger partial charge in [-0.05, 0) is 19.1 Å². The van der Waals surface area contributed by atoms with E-state index in [-0.39, 0.29) is 17.8 Å². The summed E-state index contributed by atoms with van der Waals surface area (Å²) in [6, 6.07) is 4.99. The summed E-state index contributed by atoms with van der Waals surface area (Å²) in [5, 5.41) is 12.6. The normalized spacial score (nSPS) is 18.5. The van der Waals surface area contributed by atoms with E-state index in [1.54, 1.807) is 38.4 Å². The summed E-state index contributed by atoms with van der Waals surface area (Å²) in [7, 11) is 1.70. The van der Waals surface area contributed by atoms with Gasteiger partial charge in [-0.25, -0.2) is 0 Å². The number of aryl methyl sites for hydroxylation is 1. The minimum Gasteiger partial charge on any atom is -0.306 e. The molecule has 0 fully saturated rings. The Bertz CT molecular complexity index is 989. The number of hydrazone groups is 1. The van der Waals surface area contributed by atoms with Crippen molar-refractivity contribution < 1.29 is 9.59 Å². The molecule has 0 aromatic carbocycles. The lowest BCUT2D eigenvalue weighted by molar-refractivity contribution is -0.118. The topological polar surface area (TPSA) is 117 Å². The molecule has 2 aliphatic heterocycles. The number of hydrogen-bond donors (Lipinski definition) is 1. The SMILES string of the molecule is Cc1cc(NC(=O)c2cccnc2)n(C2=NC(=O)C3C=NN(C)C3=N2)n1.